The summed E-state index contributed by atoms with van der Waals surface area (Å²) in [6, 6.07) is 3.79. The van der Waals surface area contributed by atoms with Crippen molar-refractivity contribution in [2.45, 2.75) is 40.0 Å². The molecule has 0 radical (unpaired) electrons. The fourth-order valence-corrected chi connectivity index (χ4v) is 1.74. The zero-order chi connectivity index (χ0) is 13.2. The molecular formula is C13H21N3O. The number of anilines is 1. The molecule has 2 amide bonds. The molecule has 4 nitrogen and oxygen atoms in total. The van der Waals surface area contributed by atoms with Crippen molar-refractivity contribution in [1.82, 2.24) is 5.43 Å². The van der Waals surface area contributed by atoms with Crippen molar-refractivity contribution in [3.63, 3.8) is 0 Å². The lowest BCUT2D eigenvalue weighted by molar-refractivity contribution is 0.252. The molecule has 0 bridgehead atoms. The number of benzene rings is 1. The third-order valence-corrected chi connectivity index (χ3v) is 2.77. The van der Waals surface area contributed by atoms with E-state index >= 15 is 0 Å². The van der Waals surface area contributed by atoms with Gasteiger partial charge in [0, 0.05) is 5.69 Å². The topological polar surface area (TPSA) is 67.2 Å². The van der Waals surface area contributed by atoms with Crippen LogP contribution in [0.5, 0.6) is 0 Å². The van der Waals surface area contributed by atoms with Crippen molar-refractivity contribution in [1.29, 1.82) is 0 Å². The molecule has 1 aromatic carbocycles. The van der Waals surface area contributed by atoms with Crippen LogP contribution in [0.2, 0.25) is 0 Å². The van der Waals surface area contributed by atoms with Gasteiger partial charge in [-0.05, 0) is 36.0 Å². The molecule has 0 aliphatic heterocycles. The first-order chi connectivity index (χ1) is 7.75. The zero-order valence-electron chi connectivity index (χ0n) is 11.1. The lowest BCUT2D eigenvalue weighted by atomic mass is 9.85. The number of hydrogen-bond acceptors (Lipinski definition) is 2. The van der Waals surface area contributed by atoms with Gasteiger partial charge < -0.3 is 5.32 Å². The summed E-state index contributed by atoms with van der Waals surface area (Å²) in [5.41, 5.74) is 6.32. The van der Waals surface area contributed by atoms with Crippen LogP contribution >= 0.6 is 0 Å². The van der Waals surface area contributed by atoms with Crippen LogP contribution in [0.1, 0.15) is 37.5 Å². The molecule has 0 heterocycles. The number of nitrogens with two attached hydrogens (primary N) is 1. The summed E-state index contributed by atoms with van der Waals surface area (Å²) in [6.45, 7) is 10.5. The van der Waals surface area contributed by atoms with Crippen LogP contribution in [0.25, 0.3) is 0 Å². The summed E-state index contributed by atoms with van der Waals surface area (Å²) in [5.74, 6) is 5.06. The highest BCUT2D eigenvalue weighted by atomic mass is 16.2. The van der Waals surface area contributed by atoms with Crippen LogP contribution in [0.4, 0.5) is 10.5 Å². The van der Waals surface area contributed by atoms with E-state index in [1.165, 1.54) is 5.56 Å². The number of rotatable bonds is 1. The van der Waals surface area contributed by atoms with Crippen molar-refractivity contribution < 1.29 is 4.79 Å². The van der Waals surface area contributed by atoms with Gasteiger partial charge in [-0.3, -0.25) is 5.43 Å². The van der Waals surface area contributed by atoms with Crippen LogP contribution in [0.15, 0.2) is 12.1 Å². The van der Waals surface area contributed by atoms with Gasteiger partial charge >= 0.3 is 6.03 Å². The lowest BCUT2D eigenvalue weighted by Crippen LogP contribution is -2.34. The third-order valence-electron chi connectivity index (χ3n) is 2.77. The molecule has 0 aliphatic rings. The van der Waals surface area contributed by atoms with E-state index < -0.39 is 6.03 Å². The lowest BCUT2D eigenvalue weighted by Gasteiger charge is -2.22. The summed E-state index contributed by atoms with van der Waals surface area (Å²) in [5, 5.41) is 2.73. The summed E-state index contributed by atoms with van der Waals surface area (Å²) >= 11 is 0. The Bertz CT molecular complexity index is 410. The molecular weight excluding hydrogens is 214 g/mol. The standard InChI is InChI=1S/C13H21N3O/c1-8-6-10(13(3,4)5)7-9(2)11(8)15-12(17)16-14/h6-7H,14H2,1-5H3,(H2,15,16,17). The van der Waals surface area contributed by atoms with E-state index in [1.54, 1.807) is 0 Å². The second kappa shape index (κ2) is 4.75. The first-order valence-electron chi connectivity index (χ1n) is 5.65. The number of urea groups is 1. The van der Waals surface area contributed by atoms with Crippen LogP contribution in [-0.2, 0) is 5.41 Å². The summed E-state index contributed by atoms with van der Waals surface area (Å²) in [4.78, 5) is 11.2. The van der Waals surface area contributed by atoms with Crippen molar-refractivity contribution in [3.05, 3.63) is 28.8 Å². The van der Waals surface area contributed by atoms with E-state index in [2.05, 4.69) is 43.6 Å². The van der Waals surface area contributed by atoms with Crippen molar-refractivity contribution in [3.8, 4) is 0 Å². The van der Waals surface area contributed by atoms with Gasteiger partial charge in [-0.25, -0.2) is 10.6 Å². The average Bonchev–Trinajstić information content (AvgIpc) is 2.21. The number of hydrazine groups is 1. The Labute approximate surface area is 103 Å². The number of carbonyl (C=O) groups excluding carboxylic acids is 1. The van der Waals surface area contributed by atoms with E-state index in [9.17, 15) is 4.79 Å². The number of carbonyl (C=O) groups is 1. The minimum atomic E-state index is -0.403. The van der Waals surface area contributed by atoms with Crippen molar-refractivity contribution in [2.24, 2.45) is 5.84 Å². The number of nitrogens with one attached hydrogen (secondary N) is 2. The van der Waals surface area contributed by atoms with E-state index in [-0.39, 0.29) is 5.41 Å². The second-order valence-corrected chi connectivity index (χ2v) is 5.33. The number of amides is 2. The van der Waals surface area contributed by atoms with Gasteiger partial charge in [0.2, 0.25) is 0 Å². The van der Waals surface area contributed by atoms with Crippen molar-refractivity contribution in [2.75, 3.05) is 5.32 Å². The molecule has 0 spiro atoms. The molecule has 94 valence electrons. The van der Waals surface area contributed by atoms with Crippen LogP contribution < -0.4 is 16.6 Å². The highest BCUT2D eigenvalue weighted by Crippen LogP contribution is 2.29. The third kappa shape index (κ3) is 3.20. The van der Waals surface area contributed by atoms with Crippen molar-refractivity contribution >= 4 is 11.7 Å². The van der Waals surface area contributed by atoms with Crippen LogP contribution in [-0.4, -0.2) is 6.03 Å². The fraction of sp³-hybridized carbons (Fsp3) is 0.462. The van der Waals surface area contributed by atoms with E-state index in [0.29, 0.717) is 0 Å². The predicted octanol–water partition coefficient (Wildman–Crippen LogP) is 2.60. The normalized spacial score (nSPS) is 11.2. The Kier molecular flexibility index (Phi) is 3.78. The van der Waals surface area contributed by atoms with E-state index in [0.717, 1.165) is 16.8 Å². The monoisotopic (exact) mass is 235 g/mol. The predicted molar refractivity (Wildman–Crippen MR) is 71.0 cm³/mol. The summed E-state index contributed by atoms with van der Waals surface area (Å²) in [7, 11) is 0. The molecule has 0 atom stereocenters. The SMILES string of the molecule is Cc1cc(C(C)(C)C)cc(C)c1NC(=O)NN. The van der Waals surface area contributed by atoms with Gasteiger partial charge in [-0.15, -0.1) is 0 Å². The average molecular weight is 235 g/mol. The fourth-order valence-electron chi connectivity index (χ4n) is 1.74. The highest BCUT2D eigenvalue weighted by molar-refractivity contribution is 5.90. The molecule has 0 aromatic heterocycles. The Morgan fingerprint density at radius 2 is 1.65 bits per heavy atom. The molecule has 0 saturated carbocycles. The van der Waals surface area contributed by atoms with Gasteiger partial charge in [0.1, 0.15) is 0 Å². The second-order valence-electron chi connectivity index (χ2n) is 5.33. The molecule has 4 heteroatoms. The summed E-state index contributed by atoms with van der Waals surface area (Å²) in [6.07, 6.45) is 0. The molecule has 0 fully saturated rings. The maximum absolute atomic E-state index is 11.2. The van der Waals surface area contributed by atoms with E-state index in [1.807, 2.05) is 13.8 Å². The van der Waals surface area contributed by atoms with E-state index in [4.69, 9.17) is 5.84 Å². The van der Waals surface area contributed by atoms with Gasteiger partial charge in [0.05, 0.1) is 0 Å². The van der Waals surface area contributed by atoms with Gasteiger partial charge in [0.15, 0.2) is 0 Å². The Morgan fingerprint density at radius 3 is 2.00 bits per heavy atom. The van der Waals surface area contributed by atoms with Gasteiger partial charge in [0.25, 0.3) is 0 Å². The quantitative estimate of drug-likeness (QED) is 0.398. The largest absolute Gasteiger partial charge is 0.333 e. The first-order valence-corrected chi connectivity index (χ1v) is 5.65. The molecule has 17 heavy (non-hydrogen) atoms. The minimum Gasteiger partial charge on any atom is -0.306 e. The first kappa shape index (κ1) is 13.5. The summed E-state index contributed by atoms with van der Waals surface area (Å²) < 4.78 is 0. The number of hydrogen-bond donors (Lipinski definition) is 3. The molecule has 0 unspecified atom stereocenters. The number of aryl methyl sites for hydroxylation is 2. The van der Waals surface area contributed by atoms with Gasteiger partial charge in [-0.2, -0.15) is 0 Å². The molecule has 0 saturated heterocycles. The van der Waals surface area contributed by atoms with Crippen LogP contribution in [0, 0.1) is 13.8 Å². The van der Waals surface area contributed by atoms with Crippen LogP contribution in [0.3, 0.4) is 0 Å². The Hall–Kier alpha value is -1.55. The smallest absolute Gasteiger partial charge is 0.306 e. The molecule has 1 aromatic rings. The maximum Gasteiger partial charge on any atom is 0.333 e. The van der Waals surface area contributed by atoms with Gasteiger partial charge in [-0.1, -0.05) is 32.9 Å². The molecule has 0 aliphatic carbocycles. The zero-order valence-corrected chi connectivity index (χ0v) is 11.1. The Balaban J connectivity index is 3.15. The Morgan fingerprint density at radius 1 is 1.18 bits per heavy atom. The molecule has 1 rings (SSSR count). The molecule has 4 N–H and O–H groups in total. The maximum atomic E-state index is 11.2. The minimum absolute atomic E-state index is 0.101. The highest BCUT2D eigenvalue weighted by Gasteiger charge is 2.16.